The van der Waals surface area contributed by atoms with E-state index in [9.17, 15) is 9.59 Å². The molecule has 2 atom stereocenters. The average Bonchev–Trinajstić information content (AvgIpc) is 2.45. The summed E-state index contributed by atoms with van der Waals surface area (Å²) in [5.74, 6) is -0.242. The number of carbonyl (C=O) groups excluding carboxylic acids is 2. The molecule has 116 valence electrons. The molecule has 0 radical (unpaired) electrons. The summed E-state index contributed by atoms with van der Waals surface area (Å²) in [6.45, 7) is 3.64. The Morgan fingerprint density at radius 1 is 1.40 bits per heavy atom. The zero-order valence-electron chi connectivity index (χ0n) is 12.6. The summed E-state index contributed by atoms with van der Waals surface area (Å²) in [6, 6.07) is 0.706. The molecule has 0 aromatic carbocycles. The number of nitrogens with one attached hydrogen (secondary N) is 1. The van der Waals surface area contributed by atoms with Gasteiger partial charge in [0, 0.05) is 31.6 Å². The van der Waals surface area contributed by atoms with Gasteiger partial charge in [0.15, 0.2) is 0 Å². The van der Waals surface area contributed by atoms with Crippen LogP contribution >= 0.6 is 0 Å². The van der Waals surface area contributed by atoms with Gasteiger partial charge in [-0.05, 0) is 26.2 Å². The number of ether oxygens (including phenoxy) is 1. The Hall–Kier alpha value is -1.14. The van der Waals surface area contributed by atoms with Gasteiger partial charge in [0.1, 0.15) is 0 Å². The van der Waals surface area contributed by atoms with Crippen LogP contribution in [0.5, 0.6) is 0 Å². The van der Waals surface area contributed by atoms with Crippen LogP contribution in [0.3, 0.4) is 0 Å². The lowest BCUT2D eigenvalue weighted by atomic mass is 9.96. The van der Waals surface area contributed by atoms with Crippen molar-refractivity contribution < 1.29 is 14.3 Å². The van der Waals surface area contributed by atoms with Crippen molar-refractivity contribution in [1.29, 1.82) is 0 Å². The standard InChI is InChI=1S/C14H27N3O3/c1-11-5-3-6-12(9-15)17(11)10-13(18)16-8-4-7-14(19)20-2/h11-12H,3-10,15H2,1-2H3,(H,16,18). The molecule has 20 heavy (non-hydrogen) atoms. The summed E-state index contributed by atoms with van der Waals surface area (Å²) in [4.78, 5) is 25.1. The van der Waals surface area contributed by atoms with Gasteiger partial charge >= 0.3 is 5.97 Å². The highest BCUT2D eigenvalue weighted by atomic mass is 16.5. The van der Waals surface area contributed by atoms with Gasteiger partial charge < -0.3 is 15.8 Å². The van der Waals surface area contributed by atoms with E-state index in [-0.39, 0.29) is 11.9 Å². The summed E-state index contributed by atoms with van der Waals surface area (Å²) >= 11 is 0. The van der Waals surface area contributed by atoms with E-state index in [0.717, 1.165) is 12.8 Å². The number of nitrogens with two attached hydrogens (primary N) is 1. The molecule has 0 saturated carbocycles. The van der Waals surface area contributed by atoms with Crippen molar-refractivity contribution in [3.63, 3.8) is 0 Å². The molecule has 0 spiro atoms. The monoisotopic (exact) mass is 285 g/mol. The fourth-order valence-electron chi connectivity index (χ4n) is 2.66. The van der Waals surface area contributed by atoms with Crippen LogP contribution in [-0.4, -0.2) is 55.6 Å². The van der Waals surface area contributed by atoms with Crippen LogP contribution in [0.25, 0.3) is 0 Å². The zero-order valence-corrected chi connectivity index (χ0v) is 12.6. The van der Waals surface area contributed by atoms with Gasteiger partial charge in [-0.15, -0.1) is 0 Å². The highest BCUT2D eigenvalue weighted by molar-refractivity contribution is 5.78. The molecule has 1 heterocycles. The number of methoxy groups -OCH3 is 1. The van der Waals surface area contributed by atoms with Gasteiger partial charge in [-0.1, -0.05) is 6.42 Å². The molecule has 0 aromatic rings. The summed E-state index contributed by atoms with van der Waals surface area (Å²) < 4.78 is 4.55. The molecular formula is C14H27N3O3. The average molecular weight is 285 g/mol. The first-order chi connectivity index (χ1) is 9.58. The minimum atomic E-state index is -0.243. The third kappa shape index (κ3) is 5.46. The molecule has 1 rings (SSSR count). The molecule has 0 bridgehead atoms. The van der Waals surface area contributed by atoms with Crippen molar-refractivity contribution in [3.8, 4) is 0 Å². The number of esters is 1. The summed E-state index contributed by atoms with van der Waals surface area (Å²) in [5, 5.41) is 2.85. The molecule has 3 N–H and O–H groups in total. The first-order valence-electron chi connectivity index (χ1n) is 7.37. The SMILES string of the molecule is COC(=O)CCCNC(=O)CN1C(C)CCCC1CN. The Morgan fingerprint density at radius 3 is 2.80 bits per heavy atom. The lowest BCUT2D eigenvalue weighted by molar-refractivity contribution is -0.140. The number of likely N-dealkylation sites (tertiary alicyclic amines) is 1. The molecular weight excluding hydrogens is 258 g/mol. The van der Waals surface area contributed by atoms with E-state index < -0.39 is 0 Å². The smallest absolute Gasteiger partial charge is 0.305 e. The Kier molecular flexibility index (Phi) is 7.54. The van der Waals surface area contributed by atoms with E-state index in [1.807, 2.05) is 0 Å². The van der Waals surface area contributed by atoms with Crippen LogP contribution in [0, 0.1) is 0 Å². The van der Waals surface area contributed by atoms with Crippen LogP contribution in [0.2, 0.25) is 0 Å². The molecule has 1 fully saturated rings. The molecule has 1 amide bonds. The molecule has 2 unspecified atom stereocenters. The summed E-state index contributed by atoms with van der Waals surface area (Å²) in [7, 11) is 1.37. The van der Waals surface area contributed by atoms with Gasteiger partial charge in [-0.3, -0.25) is 14.5 Å². The van der Waals surface area contributed by atoms with E-state index >= 15 is 0 Å². The molecule has 6 heteroatoms. The largest absolute Gasteiger partial charge is 0.469 e. The second kappa shape index (κ2) is 8.92. The number of amides is 1. The number of carbonyl (C=O) groups is 2. The third-order valence-corrected chi connectivity index (χ3v) is 3.90. The Bertz CT molecular complexity index is 323. The number of nitrogens with zero attached hydrogens (tertiary/aromatic N) is 1. The minimum absolute atomic E-state index is 0.00191. The fraction of sp³-hybridized carbons (Fsp3) is 0.857. The fourth-order valence-corrected chi connectivity index (χ4v) is 2.66. The molecule has 1 aliphatic rings. The highest BCUT2D eigenvalue weighted by Crippen LogP contribution is 2.21. The van der Waals surface area contributed by atoms with E-state index in [1.165, 1.54) is 13.5 Å². The van der Waals surface area contributed by atoms with E-state index in [4.69, 9.17) is 5.73 Å². The molecule has 6 nitrogen and oxygen atoms in total. The minimum Gasteiger partial charge on any atom is -0.469 e. The van der Waals surface area contributed by atoms with Gasteiger partial charge in [-0.25, -0.2) is 0 Å². The number of rotatable bonds is 7. The van der Waals surface area contributed by atoms with Gasteiger partial charge in [0.05, 0.1) is 13.7 Å². The van der Waals surface area contributed by atoms with E-state index in [2.05, 4.69) is 21.9 Å². The summed E-state index contributed by atoms with van der Waals surface area (Å²) in [6.07, 6.45) is 4.31. The van der Waals surface area contributed by atoms with Crippen LogP contribution in [0.15, 0.2) is 0 Å². The number of hydrogen-bond acceptors (Lipinski definition) is 5. The summed E-state index contributed by atoms with van der Waals surface area (Å²) in [5.41, 5.74) is 5.78. The number of hydrogen-bond donors (Lipinski definition) is 2. The van der Waals surface area contributed by atoms with Gasteiger partial charge in [-0.2, -0.15) is 0 Å². The van der Waals surface area contributed by atoms with Crippen LogP contribution in [0.1, 0.15) is 39.0 Å². The molecule has 0 aliphatic carbocycles. The maximum atomic E-state index is 11.9. The Morgan fingerprint density at radius 2 is 2.15 bits per heavy atom. The predicted molar refractivity (Wildman–Crippen MR) is 77.1 cm³/mol. The van der Waals surface area contributed by atoms with Crippen molar-refractivity contribution in [2.75, 3.05) is 26.7 Å². The quantitative estimate of drug-likeness (QED) is 0.518. The zero-order chi connectivity index (χ0) is 15.0. The maximum absolute atomic E-state index is 11.9. The maximum Gasteiger partial charge on any atom is 0.305 e. The van der Waals surface area contributed by atoms with Gasteiger partial charge in [0.2, 0.25) is 5.91 Å². The van der Waals surface area contributed by atoms with E-state index in [1.54, 1.807) is 0 Å². The van der Waals surface area contributed by atoms with Crippen LogP contribution in [0.4, 0.5) is 0 Å². The van der Waals surface area contributed by atoms with E-state index in [0.29, 0.717) is 44.6 Å². The predicted octanol–water partition coefficient (Wildman–Crippen LogP) is 0.258. The van der Waals surface area contributed by atoms with Crippen molar-refractivity contribution >= 4 is 11.9 Å². The van der Waals surface area contributed by atoms with Crippen molar-refractivity contribution in [3.05, 3.63) is 0 Å². The molecule has 1 aliphatic heterocycles. The second-order valence-electron chi connectivity index (χ2n) is 5.37. The van der Waals surface area contributed by atoms with Crippen LogP contribution < -0.4 is 11.1 Å². The number of piperidine rings is 1. The first-order valence-corrected chi connectivity index (χ1v) is 7.37. The molecule has 0 aromatic heterocycles. The van der Waals surface area contributed by atoms with Crippen molar-refractivity contribution in [2.24, 2.45) is 5.73 Å². The molecule has 1 saturated heterocycles. The Balaban J connectivity index is 2.27. The topological polar surface area (TPSA) is 84.7 Å². The third-order valence-electron chi connectivity index (χ3n) is 3.90. The first kappa shape index (κ1) is 16.9. The lowest BCUT2D eigenvalue weighted by Gasteiger charge is -2.39. The second-order valence-corrected chi connectivity index (χ2v) is 5.37. The normalized spacial score (nSPS) is 23.4. The van der Waals surface area contributed by atoms with Crippen molar-refractivity contribution in [2.45, 2.75) is 51.1 Å². The highest BCUT2D eigenvalue weighted by Gasteiger charge is 2.28. The van der Waals surface area contributed by atoms with Gasteiger partial charge in [0.25, 0.3) is 0 Å². The lowest BCUT2D eigenvalue weighted by Crippen LogP contribution is -2.52. The van der Waals surface area contributed by atoms with Crippen LogP contribution in [-0.2, 0) is 14.3 Å². The Labute approximate surface area is 121 Å². The van der Waals surface area contributed by atoms with Crippen molar-refractivity contribution in [1.82, 2.24) is 10.2 Å².